The standard InChI is InChI=1S/C17H29N/c1-6-7-12-17(3,4)16-11-9-8-10-15(16)14(2)13-18-5/h8-11,14,18H,6-7,12-13H2,1-5H3. The van der Waals surface area contributed by atoms with Gasteiger partial charge in [-0.3, -0.25) is 0 Å². The number of hydrogen-bond acceptors (Lipinski definition) is 1. The Labute approximate surface area is 113 Å². The average molecular weight is 247 g/mol. The Bertz CT molecular complexity index is 354. The van der Waals surface area contributed by atoms with Crippen LogP contribution in [0.3, 0.4) is 0 Å². The van der Waals surface area contributed by atoms with E-state index in [1.54, 1.807) is 0 Å². The molecule has 0 aliphatic carbocycles. The molecular formula is C17H29N. The lowest BCUT2D eigenvalue weighted by Gasteiger charge is -2.30. The van der Waals surface area contributed by atoms with E-state index in [1.165, 1.54) is 30.4 Å². The lowest BCUT2D eigenvalue weighted by atomic mass is 9.76. The van der Waals surface area contributed by atoms with Gasteiger partial charge in [-0.2, -0.15) is 0 Å². The van der Waals surface area contributed by atoms with Crippen molar-refractivity contribution in [2.45, 2.75) is 58.3 Å². The van der Waals surface area contributed by atoms with E-state index in [-0.39, 0.29) is 5.41 Å². The predicted molar refractivity (Wildman–Crippen MR) is 81.3 cm³/mol. The van der Waals surface area contributed by atoms with Crippen LogP contribution in [0.5, 0.6) is 0 Å². The molecular weight excluding hydrogens is 218 g/mol. The second-order valence-corrected chi connectivity index (χ2v) is 6.03. The van der Waals surface area contributed by atoms with Gasteiger partial charge in [-0.05, 0) is 35.9 Å². The highest BCUT2D eigenvalue weighted by molar-refractivity contribution is 5.36. The van der Waals surface area contributed by atoms with Crippen LogP contribution in [0.15, 0.2) is 24.3 Å². The summed E-state index contributed by atoms with van der Waals surface area (Å²) in [4.78, 5) is 0. The van der Waals surface area contributed by atoms with Gasteiger partial charge in [0.2, 0.25) is 0 Å². The number of likely N-dealkylation sites (N-methyl/N-ethyl adjacent to an activating group) is 1. The average Bonchev–Trinajstić information content (AvgIpc) is 2.37. The zero-order valence-corrected chi connectivity index (χ0v) is 12.7. The summed E-state index contributed by atoms with van der Waals surface area (Å²) in [6.45, 7) is 10.4. The molecule has 1 atom stereocenters. The summed E-state index contributed by atoms with van der Waals surface area (Å²) in [7, 11) is 2.03. The van der Waals surface area contributed by atoms with Crippen LogP contribution in [0.1, 0.15) is 64.0 Å². The third kappa shape index (κ3) is 3.84. The molecule has 0 radical (unpaired) electrons. The van der Waals surface area contributed by atoms with E-state index in [0.29, 0.717) is 5.92 Å². The van der Waals surface area contributed by atoms with Crippen LogP contribution in [-0.2, 0) is 5.41 Å². The van der Waals surface area contributed by atoms with Crippen molar-refractivity contribution < 1.29 is 0 Å². The highest BCUT2D eigenvalue weighted by atomic mass is 14.8. The maximum absolute atomic E-state index is 3.29. The lowest BCUT2D eigenvalue weighted by molar-refractivity contribution is 0.450. The molecule has 0 aliphatic heterocycles. The molecule has 0 heterocycles. The van der Waals surface area contributed by atoms with Gasteiger partial charge in [-0.15, -0.1) is 0 Å². The van der Waals surface area contributed by atoms with Crippen molar-refractivity contribution in [3.63, 3.8) is 0 Å². The number of rotatable bonds is 7. The smallest absolute Gasteiger partial charge is 0.00145 e. The molecule has 1 heteroatoms. The Morgan fingerprint density at radius 2 is 1.89 bits per heavy atom. The maximum atomic E-state index is 3.29. The molecule has 1 rings (SSSR count). The topological polar surface area (TPSA) is 12.0 Å². The van der Waals surface area contributed by atoms with E-state index >= 15 is 0 Å². The van der Waals surface area contributed by atoms with Gasteiger partial charge in [0, 0.05) is 6.54 Å². The van der Waals surface area contributed by atoms with E-state index in [1.807, 2.05) is 7.05 Å². The minimum absolute atomic E-state index is 0.286. The summed E-state index contributed by atoms with van der Waals surface area (Å²) in [5.41, 5.74) is 3.32. The number of unbranched alkanes of at least 4 members (excludes halogenated alkanes) is 1. The van der Waals surface area contributed by atoms with Gasteiger partial charge < -0.3 is 5.32 Å². The van der Waals surface area contributed by atoms with Crippen molar-refractivity contribution in [1.82, 2.24) is 5.32 Å². The summed E-state index contributed by atoms with van der Waals surface area (Å²) in [5.74, 6) is 0.576. The molecule has 0 spiro atoms. The molecule has 1 unspecified atom stereocenters. The van der Waals surface area contributed by atoms with Gasteiger partial charge in [0.15, 0.2) is 0 Å². The summed E-state index contributed by atoms with van der Waals surface area (Å²) < 4.78 is 0. The van der Waals surface area contributed by atoms with E-state index in [2.05, 4.69) is 57.3 Å². The quantitative estimate of drug-likeness (QED) is 0.749. The molecule has 1 aromatic rings. The van der Waals surface area contributed by atoms with Gasteiger partial charge in [-0.1, -0.05) is 64.8 Å². The van der Waals surface area contributed by atoms with E-state index in [0.717, 1.165) is 6.54 Å². The van der Waals surface area contributed by atoms with Crippen molar-refractivity contribution in [3.8, 4) is 0 Å². The maximum Gasteiger partial charge on any atom is 0.00145 e. The minimum Gasteiger partial charge on any atom is -0.319 e. The largest absolute Gasteiger partial charge is 0.319 e. The van der Waals surface area contributed by atoms with Crippen molar-refractivity contribution in [2.75, 3.05) is 13.6 Å². The number of benzene rings is 1. The normalized spacial score (nSPS) is 13.6. The SMILES string of the molecule is CCCCC(C)(C)c1ccccc1C(C)CNC. The second kappa shape index (κ2) is 6.94. The zero-order valence-electron chi connectivity index (χ0n) is 12.7. The Morgan fingerprint density at radius 1 is 1.22 bits per heavy atom. The molecule has 0 bridgehead atoms. The molecule has 0 aromatic heterocycles. The molecule has 0 amide bonds. The first-order chi connectivity index (χ1) is 8.53. The molecule has 1 N–H and O–H groups in total. The third-order valence-electron chi connectivity index (χ3n) is 3.89. The molecule has 102 valence electrons. The molecule has 0 fully saturated rings. The molecule has 0 saturated carbocycles. The second-order valence-electron chi connectivity index (χ2n) is 6.03. The molecule has 0 aliphatic rings. The van der Waals surface area contributed by atoms with Crippen molar-refractivity contribution in [3.05, 3.63) is 35.4 Å². The zero-order chi connectivity index (χ0) is 13.6. The predicted octanol–water partition coefficient (Wildman–Crippen LogP) is 4.48. The Hall–Kier alpha value is -0.820. The summed E-state index contributed by atoms with van der Waals surface area (Å²) in [6, 6.07) is 8.96. The van der Waals surface area contributed by atoms with Gasteiger partial charge >= 0.3 is 0 Å². The molecule has 18 heavy (non-hydrogen) atoms. The van der Waals surface area contributed by atoms with Crippen LogP contribution in [0.4, 0.5) is 0 Å². The fourth-order valence-corrected chi connectivity index (χ4v) is 2.71. The third-order valence-corrected chi connectivity index (χ3v) is 3.89. The van der Waals surface area contributed by atoms with Crippen molar-refractivity contribution in [2.24, 2.45) is 0 Å². The first-order valence-corrected chi connectivity index (χ1v) is 7.27. The van der Waals surface area contributed by atoms with Gasteiger partial charge in [0.1, 0.15) is 0 Å². The first kappa shape index (κ1) is 15.2. The number of hydrogen-bond donors (Lipinski definition) is 1. The fourth-order valence-electron chi connectivity index (χ4n) is 2.71. The van der Waals surface area contributed by atoms with Crippen molar-refractivity contribution in [1.29, 1.82) is 0 Å². The lowest BCUT2D eigenvalue weighted by Crippen LogP contribution is -2.23. The number of nitrogens with one attached hydrogen (secondary N) is 1. The Morgan fingerprint density at radius 3 is 2.50 bits per heavy atom. The van der Waals surface area contributed by atoms with Crippen LogP contribution in [0, 0.1) is 0 Å². The minimum atomic E-state index is 0.286. The van der Waals surface area contributed by atoms with Gasteiger partial charge in [0.25, 0.3) is 0 Å². The van der Waals surface area contributed by atoms with Crippen LogP contribution in [-0.4, -0.2) is 13.6 Å². The molecule has 0 saturated heterocycles. The van der Waals surface area contributed by atoms with E-state index in [4.69, 9.17) is 0 Å². The highest BCUT2D eigenvalue weighted by Gasteiger charge is 2.24. The van der Waals surface area contributed by atoms with E-state index in [9.17, 15) is 0 Å². The molecule has 1 aromatic carbocycles. The summed E-state index contributed by atoms with van der Waals surface area (Å²) in [6.07, 6.45) is 3.85. The molecule has 1 nitrogen and oxygen atoms in total. The first-order valence-electron chi connectivity index (χ1n) is 7.27. The van der Waals surface area contributed by atoms with Gasteiger partial charge in [0.05, 0.1) is 0 Å². The fraction of sp³-hybridized carbons (Fsp3) is 0.647. The Balaban J connectivity index is 3.00. The van der Waals surface area contributed by atoms with Gasteiger partial charge in [-0.25, -0.2) is 0 Å². The van der Waals surface area contributed by atoms with Crippen LogP contribution in [0.2, 0.25) is 0 Å². The highest BCUT2D eigenvalue weighted by Crippen LogP contribution is 2.34. The monoisotopic (exact) mass is 247 g/mol. The van der Waals surface area contributed by atoms with Crippen molar-refractivity contribution >= 4 is 0 Å². The Kier molecular flexibility index (Phi) is 5.87. The van der Waals surface area contributed by atoms with Crippen LogP contribution >= 0.6 is 0 Å². The van der Waals surface area contributed by atoms with Crippen LogP contribution < -0.4 is 5.32 Å². The summed E-state index contributed by atoms with van der Waals surface area (Å²) in [5, 5.41) is 3.29. The summed E-state index contributed by atoms with van der Waals surface area (Å²) >= 11 is 0. The van der Waals surface area contributed by atoms with E-state index < -0.39 is 0 Å². The van der Waals surface area contributed by atoms with Crippen LogP contribution in [0.25, 0.3) is 0 Å².